The van der Waals surface area contributed by atoms with Gasteiger partial charge < -0.3 is 98.8 Å². The molecule has 0 bridgehead atoms. The number of nitrogens with zero attached hydrogens (tertiary/aromatic N) is 6. The molecule has 3 aromatic carbocycles. The number of aromatic hydroxyl groups is 1. The number of benzene rings is 3. The summed E-state index contributed by atoms with van der Waals surface area (Å²) in [5, 5.41) is 98.7. The summed E-state index contributed by atoms with van der Waals surface area (Å²) in [5.74, 6) is -16.2. The molecule has 3 fully saturated rings. The van der Waals surface area contributed by atoms with Crippen molar-refractivity contribution in [1.82, 2.24) is 87.6 Å². The van der Waals surface area contributed by atoms with E-state index in [0.717, 1.165) is 35.4 Å². The maximum Gasteiger partial charge on any atom is 0.328 e. The Labute approximate surface area is 698 Å². The first-order chi connectivity index (χ1) is 57.3. The van der Waals surface area contributed by atoms with Gasteiger partial charge in [0.15, 0.2) is 6.04 Å². The van der Waals surface area contributed by atoms with E-state index in [1.165, 1.54) is 60.6 Å². The highest BCUT2D eigenvalue weighted by Crippen LogP contribution is 2.26. The van der Waals surface area contributed by atoms with Gasteiger partial charge in [0.1, 0.15) is 60.1 Å². The van der Waals surface area contributed by atoms with Crippen LogP contribution in [0, 0.1) is 0 Å². The van der Waals surface area contributed by atoms with Crippen LogP contribution < -0.4 is 53.2 Å². The Bertz CT molecular complexity index is 4350. The zero-order chi connectivity index (χ0) is 87.1. The van der Waals surface area contributed by atoms with Gasteiger partial charge in [-0.1, -0.05) is 82.3 Å². The molecule has 120 heavy (non-hydrogen) atoms. The molecule has 3 unspecified atom stereocenters. The van der Waals surface area contributed by atoms with E-state index in [1.807, 2.05) is 0 Å². The van der Waals surface area contributed by atoms with E-state index in [9.17, 15) is 88.5 Å². The number of amides is 11. The highest BCUT2D eigenvalue weighted by atomic mass is 33.1. The number of para-hydroxylation sites is 1. The van der Waals surface area contributed by atoms with E-state index in [1.54, 1.807) is 80.4 Å². The monoisotopic (exact) mass is 1710 g/mol. The average Bonchev–Trinajstić information content (AvgIpc) is 1.70. The van der Waals surface area contributed by atoms with Crippen LogP contribution in [0.4, 0.5) is 0 Å². The van der Waals surface area contributed by atoms with Crippen molar-refractivity contribution < 1.29 is 108 Å². The summed E-state index contributed by atoms with van der Waals surface area (Å²) in [4.78, 5) is 224. The number of rotatable bonds is 31. The highest BCUT2D eigenvalue weighted by Gasteiger charge is 2.40. The normalized spacial score (nSPS) is 21.6. The van der Waals surface area contributed by atoms with Gasteiger partial charge >= 0.3 is 23.9 Å². The molecule has 2 aromatic heterocycles. The van der Waals surface area contributed by atoms with E-state index < -0.39 is 199 Å². The van der Waals surface area contributed by atoms with E-state index >= 15 is 19.2 Å². The minimum absolute atomic E-state index is 0.0178. The van der Waals surface area contributed by atoms with Crippen molar-refractivity contribution in [3.8, 4) is 5.75 Å². The van der Waals surface area contributed by atoms with Gasteiger partial charge in [-0.05, 0) is 99.9 Å². The maximum absolute atomic E-state index is 15.5. The van der Waals surface area contributed by atoms with Crippen LogP contribution in [0.25, 0.3) is 10.9 Å². The number of pyridine rings is 1. The second-order valence-electron chi connectivity index (χ2n) is 29.6. The molecule has 0 saturated carbocycles. The Balaban J connectivity index is 1.12. The number of likely N-dealkylation sites (tertiary alicyclic amines) is 1. The zero-order valence-corrected chi connectivity index (χ0v) is 68.2. The summed E-state index contributed by atoms with van der Waals surface area (Å²) in [6.07, 6.45) is 0.709. The number of hydrogen-bond donors (Lipinski definition) is 18. The lowest BCUT2D eigenvalue weighted by Gasteiger charge is -2.33. The molecule has 39 nitrogen and oxygen atoms in total. The van der Waals surface area contributed by atoms with E-state index in [-0.39, 0.29) is 115 Å². The summed E-state index contributed by atoms with van der Waals surface area (Å²) in [5.41, 5.74) is 2.22. The van der Waals surface area contributed by atoms with Crippen LogP contribution in [0.1, 0.15) is 79.9 Å². The standard InChI is InChI=1S/C79H105N17O22S2/c1-46(83-69(107)51-22-25-80-26-23-51)78(116)96-27-11-17-62(96)76(114)81-24-10-9-16-56-70(108)90-67(47(2)97)77(115)89-61(75(113)91-68(48(3)98)79(117)118)45-120-119-44-60(74(112)86-58(37-50-18-20-53(99)21-19-50)72(110)87-59(73(111)85-56)38-52-39-82-55-15-8-7-14-54(52)55)88-71(109)57(36-49-12-5-4-6-13-49)84-63(100)40-92-28-30-93(41-64(101)102)32-34-95(43-66(105)106)35-33-94(31-29-92)42-65(103)104/h4-8,12-15,18-23,25-26,39,46-48,56-62,67-68,82,97-99H,9-11,16-17,24,27-38,40-45H2,1-3H3,(H,81,114)(H,83,107)(H,84,100)(H,85,111)(H,86,112)(H,87,110)(H,88,109)(H,89,115)(H,90,108)(H,91,113)(H,101,102)(H,103,104)(H,105,106)(H,117,118)/t46-,47?,48?,56+,57-,58+,59-,60+,61+,62?,67+,68+/m1/s1. The van der Waals surface area contributed by atoms with E-state index in [0.29, 0.717) is 40.4 Å². The number of aromatic amines is 1. The largest absolute Gasteiger partial charge is 0.508 e. The number of carbonyl (C=O) groups excluding carboxylic acids is 11. The minimum atomic E-state index is -1.97. The van der Waals surface area contributed by atoms with Crippen molar-refractivity contribution in [2.45, 2.75) is 145 Å². The van der Waals surface area contributed by atoms with Gasteiger partial charge in [0, 0.05) is 131 Å². The van der Waals surface area contributed by atoms with Crippen LogP contribution in [-0.2, 0) is 86.4 Å². The molecule has 18 N–H and O–H groups in total. The molecule has 0 aliphatic carbocycles. The summed E-state index contributed by atoms with van der Waals surface area (Å²) >= 11 is 0. The summed E-state index contributed by atoms with van der Waals surface area (Å²) in [6.45, 7) is 2.57. The predicted octanol–water partition coefficient (Wildman–Crippen LogP) is -3.01. The Kier molecular flexibility index (Phi) is 36.8. The lowest BCUT2D eigenvalue weighted by Crippen LogP contribution is -2.62. The Morgan fingerprint density at radius 1 is 0.567 bits per heavy atom. The van der Waals surface area contributed by atoms with E-state index in [4.69, 9.17) is 0 Å². The van der Waals surface area contributed by atoms with Crippen molar-refractivity contribution in [2.24, 2.45) is 0 Å². The summed E-state index contributed by atoms with van der Waals surface area (Å²) in [7, 11) is 1.59. The van der Waals surface area contributed by atoms with E-state index in [2.05, 4.69) is 63.1 Å². The topological polar surface area (TPSA) is 563 Å². The first-order valence-electron chi connectivity index (χ1n) is 39.2. The van der Waals surface area contributed by atoms with Gasteiger partial charge in [-0.2, -0.15) is 0 Å². The number of aliphatic carboxylic acids is 4. The van der Waals surface area contributed by atoms with Gasteiger partial charge in [-0.15, -0.1) is 0 Å². The molecular weight excluding hydrogens is 1600 g/mol. The second kappa shape index (κ2) is 46.9. The smallest absolute Gasteiger partial charge is 0.328 e. The number of aromatic nitrogens is 2. The molecular formula is C79H105N17O22S2. The number of carbonyl (C=O) groups is 15. The van der Waals surface area contributed by atoms with Crippen LogP contribution in [0.5, 0.6) is 5.75 Å². The van der Waals surface area contributed by atoms with Crippen molar-refractivity contribution in [1.29, 1.82) is 0 Å². The number of phenolic OH excluding ortho intramolecular Hbond substituents is 1. The lowest BCUT2D eigenvalue weighted by atomic mass is 10.0. The molecule has 11 amide bonds. The van der Waals surface area contributed by atoms with Crippen LogP contribution in [0.3, 0.4) is 0 Å². The molecule has 650 valence electrons. The van der Waals surface area contributed by atoms with Gasteiger partial charge in [0.25, 0.3) is 5.91 Å². The zero-order valence-electron chi connectivity index (χ0n) is 66.5. The number of aliphatic hydroxyl groups excluding tert-OH is 2. The van der Waals surface area contributed by atoms with Gasteiger partial charge in [0.05, 0.1) is 38.4 Å². The highest BCUT2D eigenvalue weighted by molar-refractivity contribution is 8.76. The lowest BCUT2D eigenvalue weighted by molar-refractivity contribution is -0.145. The number of phenols is 1. The number of unbranched alkanes of at least 4 members (excludes halogenated alkanes) is 1. The third kappa shape index (κ3) is 29.9. The fraction of sp³-hybridized carbons (Fsp3) is 0.494. The maximum atomic E-state index is 15.5. The number of aliphatic hydroxyl groups is 2. The summed E-state index contributed by atoms with van der Waals surface area (Å²) < 4.78 is 0. The van der Waals surface area contributed by atoms with Gasteiger partial charge in [-0.3, -0.25) is 91.7 Å². The molecule has 3 saturated heterocycles. The number of carboxylic acids is 4. The molecule has 5 heterocycles. The number of nitrogens with one attached hydrogen (secondary N) is 11. The van der Waals surface area contributed by atoms with Crippen molar-refractivity contribution >= 4 is 121 Å². The predicted molar refractivity (Wildman–Crippen MR) is 437 cm³/mol. The minimum Gasteiger partial charge on any atom is -0.508 e. The second-order valence-corrected chi connectivity index (χ2v) is 32.2. The van der Waals surface area contributed by atoms with Gasteiger partial charge in [-0.25, -0.2) is 4.79 Å². The molecule has 3 aliphatic rings. The Morgan fingerprint density at radius 2 is 1.12 bits per heavy atom. The Hall–Kier alpha value is -11.3. The number of fused-ring (bicyclic) bond motifs is 1. The van der Waals surface area contributed by atoms with Crippen LogP contribution in [0.2, 0.25) is 0 Å². The van der Waals surface area contributed by atoms with Crippen LogP contribution >= 0.6 is 21.6 Å². The number of H-pyrrole nitrogens is 1. The first-order valence-corrected chi connectivity index (χ1v) is 41.7. The molecule has 12 atom stereocenters. The fourth-order valence-corrected chi connectivity index (χ4v) is 16.1. The van der Waals surface area contributed by atoms with Crippen molar-refractivity contribution in [3.05, 3.63) is 132 Å². The Morgan fingerprint density at radius 3 is 1.72 bits per heavy atom. The molecule has 0 radical (unpaired) electrons. The summed E-state index contributed by atoms with van der Waals surface area (Å²) in [6, 6.07) is 7.98. The number of carboxylic acid groups (broad SMARTS) is 4. The van der Waals surface area contributed by atoms with Crippen LogP contribution in [-0.4, -0.2) is 335 Å². The molecule has 5 aromatic rings. The quantitative estimate of drug-likeness (QED) is 0.0155. The molecule has 3 aliphatic heterocycles. The molecule has 8 rings (SSSR count). The molecule has 0 spiro atoms. The SMILES string of the molecule is CC(O)[C@H](NC(=O)[C@@H]1CSSC[C@H](NC(=O)[C@@H](Cc2ccccc2)NC(=O)CN2CCN(CC(=O)O)CCN(CC(=O)O)CCN(CC(=O)O)CC2)C(=O)N[C@@H](Cc2ccc(O)cc2)C(=O)N[C@H](Cc2c[nH]c3ccccc23)C(=O)N[C@@H](CCCCNC(=O)C2CCCN2C(=O)[C@@H](C)NC(=O)c2ccncc2)C(=O)N[C@@H](C(C)O)C(=O)N1)C(=O)O. The first kappa shape index (κ1) is 94.1. The number of hydrogen-bond acceptors (Lipinski definition) is 25. The third-order valence-corrected chi connectivity index (χ3v) is 22.7. The van der Waals surface area contributed by atoms with Gasteiger partial charge in [0.2, 0.25) is 59.1 Å². The van der Waals surface area contributed by atoms with Crippen molar-refractivity contribution in [3.63, 3.8) is 0 Å². The third-order valence-electron chi connectivity index (χ3n) is 20.3. The van der Waals surface area contributed by atoms with Crippen LogP contribution in [0.15, 0.2) is 110 Å². The fourth-order valence-electron chi connectivity index (χ4n) is 13.8. The van der Waals surface area contributed by atoms with Crippen molar-refractivity contribution in [2.75, 3.05) is 103 Å². The average molecular weight is 1710 g/mol. The molecule has 41 heteroatoms.